The van der Waals surface area contributed by atoms with Gasteiger partial charge in [0.25, 0.3) is 0 Å². The lowest BCUT2D eigenvalue weighted by Crippen LogP contribution is -2.63. The fourth-order valence-electron chi connectivity index (χ4n) is 7.93. The first kappa shape index (κ1) is 21.4. The van der Waals surface area contributed by atoms with Gasteiger partial charge in [0, 0.05) is 23.2 Å². The largest absolute Gasteiger partial charge is 0.449 e. The standard InChI is InChI=1S/C24H29FO5S/c1-5-19(27)30-23(20(28)31)12(2)8-14-15-10-17(25)16-9-13(26)6-7-21(16,3)24(15)18(29-24)11-22(14,23)4/h6-7,9,12,14-15,17-18H,5,8,10-11H2,1-4H3,(H,28,31)/t12-,14+,15+,17?,18+,21+,22+,23+,24-/m1/s1. The fourth-order valence-corrected chi connectivity index (χ4v) is 8.45. The van der Waals surface area contributed by atoms with Gasteiger partial charge in [0.2, 0.25) is 5.12 Å². The van der Waals surface area contributed by atoms with Crippen molar-refractivity contribution in [2.75, 3.05) is 0 Å². The Kier molecular flexibility index (Phi) is 4.35. The van der Waals surface area contributed by atoms with Gasteiger partial charge in [-0.15, -0.1) is 12.6 Å². The maximum atomic E-state index is 15.5. The van der Waals surface area contributed by atoms with Crippen LogP contribution in [-0.4, -0.2) is 40.3 Å². The van der Waals surface area contributed by atoms with Gasteiger partial charge in [0.15, 0.2) is 11.4 Å². The maximum Gasteiger partial charge on any atom is 0.306 e. The fraction of sp³-hybridized carbons (Fsp3) is 0.708. The summed E-state index contributed by atoms with van der Waals surface area (Å²) < 4.78 is 27.9. The van der Waals surface area contributed by atoms with Crippen molar-refractivity contribution in [2.45, 2.75) is 76.9 Å². The van der Waals surface area contributed by atoms with Crippen LogP contribution in [-0.2, 0) is 23.9 Å². The number of carbonyl (C=O) groups is 3. The number of epoxide rings is 1. The summed E-state index contributed by atoms with van der Waals surface area (Å²) in [6, 6.07) is 0. The SMILES string of the molecule is CCC(=O)O[C@]1(C(=O)S)[C@H](C)C[C@H]2[C@@H]3CC(F)C4=CC(=O)C=C[C@]4(C)[C@@]34O[C@H]4C[C@@]21C. The number of esters is 1. The Labute approximate surface area is 187 Å². The first-order valence-electron chi connectivity index (χ1n) is 11.2. The van der Waals surface area contributed by atoms with E-state index >= 15 is 4.39 Å². The molecule has 0 aromatic heterocycles. The Morgan fingerprint density at radius 2 is 2.00 bits per heavy atom. The Bertz CT molecular complexity index is 960. The molecule has 168 valence electrons. The molecular formula is C24H29FO5S. The minimum Gasteiger partial charge on any atom is -0.449 e. The van der Waals surface area contributed by atoms with Crippen LogP contribution >= 0.6 is 12.6 Å². The number of rotatable bonds is 3. The third-order valence-corrected chi connectivity index (χ3v) is 9.67. The first-order chi connectivity index (χ1) is 14.5. The number of fused-ring (bicyclic) bond motifs is 3. The zero-order valence-corrected chi connectivity index (χ0v) is 19.2. The van der Waals surface area contributed by atoms with Gasteiger partial charge in [-0.1, -0.05) is 26.8 Å². The summed E-state index contributed by atoms with van der Waals surface area (Å²) in [4.78, 5) is 37.3. The van der Waals surface area contributed by atoms with E-state index in [0.717, 1.165) is 0 Å². The predicted molar refractivity (Wildman–Crippen MR) is 114 cm³/mol. The van der Waals surface area contributed by atoms with Crippen LogP contribution in [0, 0.1) is 28.6 Å². The molecule has 7 heteroatoms. The highest BCUT2D eigenvalue weighted by atomic mass is 32.1. The van der Waals surface area contributed by atoms with Gasteiger partial charge in [0.05, 0.1) is 6.10 Å². The Hall–Kier alpha value is -1.47. The molecule has 31 heavy (non-hydrogen) atoms. The highest BCUT2D eigenvalue weighted by molar-refractivity contribution is 7.96. The van der Waals surface area contributed by atoms with Crippen molar-refractivity contribution in [3.63, 3.8) is 0 Å². The Morgan fingerprint density at radius 3 is 2.65 bits per heavy atom. The van der Waals surface area contributed by atoms with E-state index in [9.17, 15) is 14.4 Å². The predicted octanol–water partition coefficient (Wildman–Crippen LogP) is 3.77. The molecule has 4 aliphatic carbocycles. The molecule has 5 aliphatic rings. The monoisotopic (exact) mass is 448 g/mol. The van der Waals surface area contributed by atoms with E-state index in [1.165, 1.54) is 12.2 Å². The summed E-state index contributed by atoms with van der Waals surface area (Å²) in [7, 11) is 0. The quantitative estimate of drug-likeness (QED) is 0.404. The van der Waals surface area contributed by atoms with E-state index in [1.807, 2.05) is 26.8 Å². The number of allylic oxidation sites excluding steroid dienone is 2. The van der Waals surface area contributed by atoms with Crippen molar-refractivity contribution >= 4 is 29.5 Å². The zero-order chi connectivity index (χ0) is 22.6. The van der Waals surface area contributed by atoms with Crippen molar-refractivity contribution in [1.29, 1.82) is 0 Å². The normalized spacial score (nSPS) is 51.7. The number of ether oxygens (including phenoxy) is 2. The highest BCUT2D eigenvalue weighted by Gasteiger charge is 2.83. The summed E-state index contributed by atoms with van der Waals surface area (Å²) in [5, 5.41) is -0.442. The van der Waals surface area contributed by atoms with E-state index in [0.29, 0.717) is 18.4 Å². The van der Waals surface area contributed by atoms with Crippen LogP contribution in [0.5, 0.6) is 0 Å². The van der Waals surface area contributed by atoms with Gasteiger partial charge >= 0.3 is 5.97 Å². The lowest BCUT2D eigenvalue weighted by Gasteiger charge is -2.56. The van der Waals surface area contributed by atoms with Crippen LogP contribution in [0.25, 0.3) is 0 Å². The number of hydrogen-bond acceptors (Lipinski definition) is 5. The van der Waals surface area contributed by atoms with Gasteiger partial charge in [-0.25, -0.2) is 4.39 Å². The minimum absolute atomic E-state index is 0.0651. The number of carbonyl (C=O) groups excluding carboxylic acids is 3. The Morgan fingerprint density at radius 1 is 1.29 bits per heavy atom. The molecule has 0 N–H and O–H groups in total. The summed E-state index contributed by atoms with van der Waals surface area (Å²) in [5.41, 5.74) is -2.84. The van der Waals surface area contributed by atoms with Crippen molar-refractivity contribution < 1.29 is 28.2 Å². The van der Waals surface area contributed by atoms with Crippen LogP contribution in [0.1, 0.15) is 53.4 Å². The molecule has 1 heterocycles. The molecule has 5 rings (SSSR count). The topological polar surface area (TPSA) is 73.0 Å². The lowest BCUT2D eigenvalue weighted by atomic mass is 9.46. The second-order valence-electron chi connectivity index (χ2n) is 10.5. The van der Waals surface area contributed by atoms with Gasteiger partial charge in [0.1, 0.15) is 11.8 Å². The molecule has 3 saturated carbocycles. The van der Waals surface area contributed by atoms with Crippen molar-refractivity contribution in [3.05, 3.63) is 23.8 Å². The maximum absolute atomic E-state index is 15.5. The molecular weight excluding hydrogens is 419 g/mol. The smallest absolute Gasteiger partial charge is 0.306 e. The molecule has 0 radical (unpaired) electrons. The summed E-state index contributed by atoms with van der Waals surface area (Å²) in [6.45, 7) is 7.59. The molecule has 4 fully saturated rings. The molecule has 0 aromatic carbocycles. The zero-order valence-electron chi connectivity index (χ0n) is 18.3. The summed E-state index contributed by atoms with van der Waals surface area (Å²) in [5.74, 6) is -1.07. The summed E-state index contributed by atoms with van der Waals surface area (Å²) >= 11 is 4.21. The third-order valence-electron chi connectivity index (χ3n) is 9.34. The number of thiol groups is 1. The third kappa shape index (κ3) is 2.30. The minimum atomic E-state index is -1.35. The van der Waals surface area contributed by atoms with Gasteiger partial charge in [-0.3, -0.25) is 14.4 Å². The van der Waals surface area contributed by atoms with Crippen molar-refractivity contribution in [2.24, 2.45) is 28.6 Å². The molecule has 0 amide bonds. The van der Waals surface area contributed by atoms with E-state index < -0.39 is 39.3 Å². The molecule has 0 bridgehead atoms. The van der Waals surface area contributed by atoms with Crippen LogP contribution < -0.4 is 0 Å². The van der Waals surface area contributed by atoms with E-state index in [1.54, 1.807) is 6.92 Å². The molecule has 1 unspecified atom stereocenters. The molecule has 1 saturated heterocycles. The van der Waals surface area contributed by atoms with Crippen LogP contribution in [0.15, 0.2) is 23.8 Å². The Balaban J connectivity index is 1.62. The average Bonchev–Trinajstić information content (AvgIpc) is 3.38. The number of halogens is 1. The second kappa shape index (κ2) is 6.31. The highest BCUT2D eigenvalue weighted by Crippen LogP contribution is 2.77. The van der Waals surface area contributed by atoms with Gasteiger partial charge in [-0.05, 0) is 55.7 Å². The average molecular weight is 449 g/mol. The van der Waals surface area contributed by atoms with E-state index in [4.69, 9.17) is 9.47 Å². The molecule has 5 nitrogen and oxygen atoms in total. The van der Waals surface area contributed by atoms with E-state index in [2.05, 4.69) is 12.6 Å². The van der Waals surface area contributed by atoms with E-state index in [-0.39, 0.29) is 42.5 Å². The second-order valence-corrected chi connectivity index (χ2v) is 10.9. The number of hydrogen-bond donors (Lipinski definition) is 1. The first-order valence-corrected chi connectivity index (χ1v) is 11.6. The molecule has 1 spiro atoms. The van der Waals surface area contributed by atoms with Crippen molar-refractivity contribution in [1.82, 2.24) is 0 Å². The number of alkyl halides is 1. The van der Waals surface area contributed by atoms with Gasteiger partial charge in [-0.2, -0.15) is 0 Å². The molecule has 1 aliphatic heterocycles. The molecule has 0 aromatic rings. The van der Waals surface area contributed by atoms with Crippen LogP contribution in [0.3, 0.4) is 0 Å². The van der Waals surface area contributed by atoms with Crippen LogP contribution in [0.2, 0.25) is 0 Å². The van der Waals surface area contributed by atoms with Crippen LogP contribution in [0.4, 0.5) is 4.39 Å². The molecule has 9 atom stereocenters. The lowest BCUT2D eigenvalue weighted by molar-refractivity contribution is -0.187. The van der Waals surface area contributed by atoms with Gasteiger partial charge < -0.3 is 9.47 Å². The van der Waals surface area contributed by atoms with Crippen molar-refractivity contribution in [3.8, 4) is 0 Å². The number of ketones is 1. The summed E-state index contributed by atoms with van der Waals surface area (Å²) in [6.07, 6.45) is 4.89.